The van der Waals surface area contributed by atoms with Gasteiger partial charge in [0.1, 0.15) is 0 Å². The van der Waals surface area contributed by atoms with Crippen molar-refractivity contribution in [3.8, 4) is 0 Å². The van der Waals surface area contributed by atoms with Gasteiger partial charge in [0.2, 0.25) is 5.89 Å². The zero-order valence-corrected chi connectivity index (χ0v) is 10.4. The first-order chi connectivity index (χ1) is 7.58. The predicted octanol–water partition coefficient (Wildman–Crippen LogP) is 0.844. The minimum absolute atomic E-state index is 0.246. The molecule has 0 bridgehead atoms. The van der Waals surface area contributed by atoms with Crippen molar-refractivity contribution in [2.75, 3.05) is 20.6 Å². The largest absolute Gasteiger partial charge is 0.339 e. The molecular weight excluding hydrogens is 204 g/mol. The van der Waals surface area contributed by atoms with Crippen molar-refractivity contribution >= 4 is 0 Å². The van der Waals surface area contributed by atoms with Crippen molar-refractivity contribution in [1.82, 2.24) is 15.0 Å². The highest BCUT2D eigenvalue weighted by molar-refractivity contribution is 4.87. The van der Waals surface area contributed by atoms with Crippen molar-refractivity contribution < 1.29 is 4.52 Å². The summed E-state index contributed by atoms with van der Waals surface area (Å²) in [5, 5.41) is 3.94. The van der Waals surface area contributed by atoms with Gasteiger partial charge in [-0.2, -0.15) is 4.98 Å². The van der Waals surface area contributed by atoms with E-state index in [1.54, 1.807) is 0 Å². The molecular formula is C11H22N4O. The second-order valence-corrected chi connectivity index (χ2v) is 4.53. The molecule has 0 amide bonds. The van der Waals surface area contributed by atoms with Crippen molar-refractivity contribution in [3.05, 3.63) is 11.7 Å². The van der Waals surface area contributed by atoms with Crippen molar-refractivity contribution in [3.63, 3.8) is 0 Å². The number of rotatable bonds is 7. The van der Waals surface area contributed by atoms with E-state index in [1.807, 2.05) is 21.0 Å². The number of nitrogens with two attached hydrogens (primary N) is 1. The Labute approximate surface area is 97.0 Å². The fourth-order valence-corrected chi connectivity index (χ4v) is 1.39. The van der Waals surface area contributed by atoms with Gasteiger partial charge in [-0.3, -0.25) is 0 Å². The SMILES string of the molecule is CC(N)CCCc1nc(CCN(C)C)no1. The fourth-order valence-electron chi connectivity index (χ4n) is 1.39. The molecule has 16 heavy (non-hydrogen) atoms. The van der Waals surface area contributed by atoms with Crippen molar-refractivity contribution in [2.45, 2.75) is 38.6 Å². The van der Waals surface area contributed by atoms with E-state index in [0.29, 0.717) is 0 Å². The van der Waals surface area contributed by atoms with Crippen LogP contribution in [-0.2, 0) is 12.8 Å². The molecule has 5 nitrogen and oxygen atoms in total. The minimum Gasteiger partial charge on any atom is -0.339 e. The van der Waals surface area contributed by atoms with Crippen LogP contribution in [0.4, 0.5) is 0 Å². The van der Waals surface area contributed by atoms with Crippen LogP contribution in [0.15, 0.2) is 4.52 Å². The van der Waals surface area contributed by atoms with Gasteiger partial charge in [0, 0.05) is 25.4 Å². The van der Waals surface area contributed by atoms with E-state index in [1.165, 1.54) is 0 Å². The van der Waals surface area contributed by atoms with Crippen LogP contribution in [0, 0.1) is 0 Å². The summed E-state index contributed by atoms with van der Waals surface area (Å²) in [6.45, 7) is 2.95. The van der Waals surface area contributed by atoms with Crippen LogP contribution in [0.2, 0.25) is 0 Å². The van der Waals surface area contributed by atoms with E-state index in [9.17, 15) is 0 Å². The molecule has 0 aliphatic carbocycles. The van der Waals surface area contributed by atoms with Crippen LogP contribution in [0.1, 0.15) is 31.5 Å². The summed E-state index contributed by atoms with van der Waals surface area (Å²) in [5.41, 5.74) is 5.67. The van der Waals surface area contributed by atoms with Gasteiger partial charge < -0.3 is 15.2 Å². The Morgan fingerprint density at radius 2 is 2.12 bits per heavy atom. The van der Waals surface area contributed by atoms with E-state index < -0.39 is 0 Å². The maximum absolute atomic E-state index is 5.67. The topological polar surface area (TPSA) is 68.2 Å². The number of hydrogen-bond donors (Lipinski definition) is 1. The standard InChI is InChI=1S/C11H22N4O/c1-9(12)5-4-6-11-13-10(14-16-11)7-8-15(2)3/h9H,4-8,12H2,1-3H3. The highest BCUT2D eigenvalue weighted by Gasteiger charge is 2.06. The van der Waals surface area contributed by atoms with Gasteiger partial charge in [-0.05, 0) is 33.9 Å². The highest BCUT2D eigenvalue weighted by Crippen LogP contribution is 2.04. The molecule has 1 aromatic heterocycles. The lowest BCUT2D eigenvalue weighted by molar-refractivity contribution is 0.361. The average Bonchev–Trinajstić information content (AvgIpc) is 2.62. The third kappa shape index (κ3) is 5.23. The Bertz CT molecular complexity index is 296. The van der Waals surface area contributed by atoms with Gasteiger partial charge in [0.15, 0.2) is 5.82 Å². The summed E-state index contributed by atoms with van der Waals surface area (Å²) >= 11 is 0. The monoisotopic (exact) mass is 226 g/mol. The summed E-state index contributed by atoms with van der Waals surface area (Å²) in [6.07, 6.45) is 3.67. The molecule has 0 aromatic carbocycles. The van der Waals surface area contributed by atoms with E-state index in [2.05, 4.69) is 15.0 Å². The zero-order valence-electron chi connectivity index (χ0n) is 10.4. The molecule has 0 radical (unpaired) electrons. The highest BCUT2D eigenvalue weighted by atomic mass is 16.5. The molecule has 0 fully saturated rings. The van der Waals surface area contributed by atoms with Crippen LogP contribution in [0.25, 0.3) is 0 Å². The van der Waals surface area contributed by atoms with E-state index in [0.717, 1.165) is 43.9 Å². The molecule has 0 aliphatic heterocycles. The molecule has 1 aromatic rings. The molecule has 1 atom stereocenters. The number of likely N-dealkylation sites (N-methyl/N-ethyl adjacent to an activating group) is 1. The molecule has 2 N–H and O–H groups in total. The van der Waals surface area contributed by atoms with Crippen LogP contribution in [-0.4, -0.2) is 41.7 Å². The second kappa shape index (κ2) is 6.60. The van der Waals surface area contributed by atoms with E-state index >= 15 is 0 Å². The van der Waals surface area contributed by atoms with Crippen molar-refractivity contribution in [1.29, 1.82) is 0 Å². The quantitative estimate of drug-likeness (QED) is 0.746. The molecule has 1 rings (SSSR count). The first-order valence-electron chi connectivity index (χ1n) is 5.79. The van der Waals surface area contributed by atoms with Crippen LogP contribution in [0.5, 0.6) is 0 Å². The molecule has 5 heteroatoms. The van der Waals surface area contributed by atoms with Gasteiger partial charge in [0.05, 0.1) is 0 Å². The van der Waals surface area contributed by atoms with Gasteiger partial charge >= 0.3 is 0 Å². The smallest absolute Gasteiger partial charge is 0.226 e. The third-order valence-corrected chi connectivity index (χ3v) is 2.34. The maximum Gasteiger partial charge on any atom is 0.226 e. The number of aryl methyl sites for hydroxylation is 1. The summed E-state index contributed by atoms with van der Waals surface area (Å²) in [4.78, 5) is 6.44. The van der Waals surface area contributed by atoms with E-state index in [4.69, 9.17) is 10.3 Å². The number of nitrogens with zero attached hydrogens (tertiary/aromatic N) is 3. The Balaban J connectivity index is 2.28. The van der Waals surface area contributed by atoms with Gasteiger partial charge in [-0.25, -0.2) is 0 Å². The number of aromatic nitrogens is 2. The lowest BCUT2D eigenvalue weighted by Crippen LogP contribution is -2.15. The average molecular weight is 226 g/mol. The maximum atomic E-state index is 5.67. The molecule has 0 spiro atoms. The molecule has 0 aliphatic rings. The van der Waals surface area contributed by atoms with Gasteiger partial charge in [-0.15, -0.1) is 0 Å². The van der Waals surface area contributed by atoms with Gasteiger partial charge in [-0.1, -0.05) is 5.16 Å². The van der Waals surface area contributed by atoms with Crippen LogP contribution >= 0.6 is 0 Å². The molecule has 1 heterocycles. The lowest BCUT2D eigenvalue weighted by atomic mass is 10.1. The Hall–Kier alpha value is -0.940. The summed E-state index contributed by atoms with van der Waals surface area (Å²) < 4.78 is 5.16. The molecule has 1 unspecified atom stereocenters. The predicted molar refractivity (Wildman–Crippen MR) is 63.1 cm³/mol. The lowest BCUT2D eigenvalue weighted by Gasteiger charge is -2.05. The summed E-state index contributed by atoms with van der Waals surface area (Å²) in [5.74, 6) is 1.53. The summed E-state index contributed by atoms with van der Waals surface area (Å²) in [7, 11) is 4.06. The molecule has 0 saturated carbocycles. The number of hydrogen-bond acceptors (Lipinski definition) is 5. The normalized spacial score (nSPS) is 13.3. The summed E-state index contributed by atoms with van der Waals surface area (Å²) in [6, 6.07) is 0.246. The zero-order chi connectivity index (χ0) is 12.0. The van der Waals surface area contributed by atoms with Crippen LogP contribution in [0.3, 0.4) is 0 Å². The Morgan fingerprint density at radius 3 is 2.75 bits per heavy atom. The molecule has 0 saturated heterocycles. The fraction of sp³-hybridized carbons (Fsp3) is 0.818. The van der Waals surface area contributed by atoms with Gasteiger partial charge in [0.25, 0.3) is 0 Å². The Kier molecular flexibility index (Phi) is 5.42. The second-order valence-electron chi connectivity index (χ2n) is 4.53. The first kappa shape index (κ1) is 13.1. The van der Waals surface area contributed by atoms with Crippen LogP contribution < -0.4 is 5.73 Å². The first-order valence-corrected chi connectivity index (χ1v) is 5.79. The third-order valence-electron chi connectivity index (χ3n) is 2.34. The van der Waals surface area contributed by atoms with E-state index in [-0.39, 0.29) is 6.04 Å². The minimum atomic E-state index is 0.246. The molecule has 92 valence electrons. The van der Waals surface area contributed by atoms with Crippen molar-refractivity contribution in [2.24, 2.45) is 5.73 Å². The Morgan fingerprint density at radius 1 is 1.38 bits per heavy atom.